The molecule has 204 valence electrons. The van der Waals surface area contributed by atoms with Gasteiger partial charge >= 0.3 is 0 Å². The zero-order valence-electron chi connectivity index (χ0n) is 24.6. The van der Waals surface area contributed by atoms with E-state index in [9.17, 15) is 4.79 Å². The molecule has 4 unspecified atom stereocenters. The van der Waals surface area contributed by atoms with E-state index in [1.54, 1.807) is 0 Å². The molecule has 0 spiro atoms. The summed E-state index contributed by atoms with van der Waals surface area (Å²) in [5.41, 5.74) is 2.43. The molecule has 1 nitrogen and oxygen atoms in total. The van der Waals surface area contributed by atoms with E-state index in [4.69, 9.17) is 0 Å². The molecule has 0 aliphatic heterocycles. The highest BCUT2D eigenvalue weighted by Gasteiger charge is 2.59. The topological polar surface area (TPSA) is 17.1 Å². The summed E-state index contributed by atoms with van der Waals surface area (Å²) in [7, 11) is 0. The molecule has 1 heteroatoms. The summed E-state index contributed by atoms with van der Waals surface area (Å²) >= 11 is 0. The van der Waals surface area contributed by atoms with E-state index >= 15 is 0 Å². The number of hydrogen-bond donors (Lipinski definition) is 0. The van der Waals surface area contributed by atoms with Gasteiger partial charge in [-0.15, -0.1) is 13.2 Å². The predicted octanol–water partition coefficient (Wildman–Crippen LogP) is 11.2. The minimum atomic E-state index is 0. The molecule has 4 aliphatic rings. The molecule has 0 aromatic carbocycles. The molecule has 0 heterocycles. The van der Waals surface area contributed by atoms with Gasteiger partial charge in [0.05, 0.1) is 0 Å². The van der Waals surface area contributed by atoms with Crippen LogP contribution < -0.4 is 0 Å². The average molecular weight is 479 g/mol. The SMILES string of the molecule is C=C.CC.CC.CC(C)CCCC(C)C1CCC2[C@@H]3CCC4=CC(=O)CC[C@]4(C)C3CC[C@]12C.[HH].[HH].[HH]. The molecule has 0 N–H and O–H groups in total. The van der Waals surface area contributed by atoms with Gasteiger partial charge in [0.25, 0.3) is 0 Å². The van der Waals surface area contributed by atoms with E-state index in [1.807, 2.05) is 27.7 Å². The van der Waals surface area contributed by atoms with Crippen LogP contribution in [0.15, 0.2) is 24.8 Å². The van der Waals surface area contributed by atoms with E-state index in [0.717, 1.165) is 48.3 Å². The first-order valence-corrected chi connectivity index (χ1v) is 15.0. The quantitative estimate of drug-likeness (QED) is 0.359. The molecular weight excluding hydrogens is 412 g/mol. The lowest BCUT2D eigenvalue weighted by molar-refractivity contribution is -0.117. The Bertz CT molecular complexity index is 660. The highest BCUT2D eigenvalue weighted by molar-refractivity contribution is 5.91. The van der Waals surface area contributed by atoms with Crippen LogP contribution in [0.5, 0.6) is 0 Å². The molecule has 7 atom stereocenters. The van der Waals surface area contributed by atoms with E-state index < -0.39 is 0 Å². The van der Waals surface area contributed by atoms with Crippen molar-refractivity contribution in [1.82, 2.24) is 0 Å². The monoisotopic (exact) mass is 479 g/mol. The summed E-state index contributed by atoms with van der Waals surface area (Å²) in [4.78, 5) is 12.0. The number of rotatable bonds is 5. The first kappa shape index (κ1) is 31.2. The van der Waals surface area contributed by atoms with Crippen molar-refractivity contribution in [3.8, 4) is 0 Å². The fraction of sp³-hybridized carbons (Fsp3) is 0.848. The van der Waals surface area contributed by atoms with Crippen LogP contribution in [-0.4, -0.2) is 5.78 Å². The largest absolute Gasteiger partial charge is 0.295 e. The van der Waals surface area contributed by atoms with Gasteiger partial charge in [-0.05, 0) is 97.4 Å². The third kappa shape index (κ3) is 6.28. The van der Waals surface area contributed by atoms with E-state index in [0.29, 0.717) is 16.6 Å². The standard InChI is InChI=1S/C27H44O.2C2H6.C2H4.3H2/c1-18(2)7-6-8-19(3)23-11-12-24-22-10-9-20-17-21(28)13-15-26(20,4)25(22)14-16-27(23,24)5;3*1-2;;;/h17-19,22-25H,6-16H2,1-5H3;2*1-2H3;1-2H2;3*1H/t19?,22-,23?,24?,25?,26-,27+;;;;;;/m0....../s1. The lowest BCUT2D eigenvalue weighted by Crippen LogP contribution is -2.50. The molecule has 3 saturated carbocycles. The van der Waals surface area contributed by atoms with Crippen LogP contribution in [0.3, 0.4) is 0 Å². The van der Waals surface area contributed by atoms with Gasteiger partial charge in [0, 0.05) is 10.7 Å². The second kappa shape index (κ2) is 14.0. The molecule has 4 aliphatic carbocycles. The Morgan fingerprint density at radius 1 is 0.912 bits per heavy atom. The van der Waals surface area contributed by atoms with Crippen molar-refractivity contribution in [2.45, 2.75) is 133 Å². The van der Waals surface area contributed by atoms with Gasteiger partial charge in [0.2, 0.25) is 0 Å². The van der Waals surface area contributed by atoms with Gasteiger partial charge in [-0.25, -0.2) is 0 Å². The molecule has 0 amide bonds. The number of carbonyl (C=O) groups is 1. The van der Waals surface area contributed by atoms with Gasteiger partial charge in [0.15, 0.2) is 5.78 Å². The fourth-order valence-electron chi connectivity index (χ4n) is 8.58. The lowest BCUT2D eigenvalue weighted by atomic mass is 9.46. The summed E-state index contributed by atoms with van der Waals surface area (Å²) in [6, 6.07) is 0. The maximum absolute atomic E-state index is 12.0. The Balaban J connectivity index is -0.00000120. The highest BCUT2D eigenvalue weighted by Crippen LogP contribution is 2.67. The number of allylic oxidation sites excluding steroid dienone is 1. The minimum Gasteiger partial charge on any atom is -0.295 e. The normalized spacial score (nSPS) is 36.6. The Hall–Kier alpha value is -0.850. The molecule has 0 aromatic rings. The Morgan fingerprint density at radius 2 is 1.56 bits per heavy atom. The smallest absolute Gasteiger partial charge is 0.155 e. The Morgan fingerprint density at radius 3 is 2.18 bits per heavy atom. The first-order chi connectivity index (χ1) is 16.3. The third-order valence-electron chi connectivity index (χ3n) is 10.2. The van der Waals surface area contributed by atoms with Gasteiger partial charge in [-0.3, -0.25) is 4.79 Å². The van der Waals surface area contributed by atoms with Crippen LogP contribution in [0.25, 0.3) is 0 Å². The van der Waals surface area contributed by atoms with E-state index in [1.165, 1.54) is 63.4 Å². The van der Waals surface area contributed by atoms with E-state index in [-0.39, 0.29) is 4.28 Å². The first-order valence-electron chi connectivity index (χ1n) is 15.0. The van der Waals surface area contributed by atoms with Crippen LogP contribution in [0.2, 0.25) is 0 Å². The Kier molecular flexibility index (Phi) is 12.9. The van der Waals surface area contributed by atoms with Gasteiger partial charge in [0.1, 0.15) is 0 Å². The molecule has 34 heavy (non-hydrogen) atoms. The summed E-state index contributed by atoms with van der Waals surface area (Å²) in [6.07, 6.45) is 16.6. The van der Waals surface area contributed by atoms with Crippen LogP contribution >= 0.6 is 0 Å². The summed E-state index contributed by atoms with van der Waals surface area (Å²) in [6.45, 7) is 26.5. The zero-order valence-corrected chi connectivity index (χ0v) is 24.6. The van der Waals surface area contributed by atoms with Gasteiger partial charge < -0.3 is 0 Å². The molecule has 0 saturated heterocycles. The molecule has 0 radical (unpaired) electrons. The van der Waals surface area contributed by atoms with Crippen molar-refractivity contribution in [1.29, 1.82) is 0 Å². The van der Waals surface area contributed by atoms with Crippen LogP contribution in [0, 0.1) is 46.3 Å². The van der Waals surface area contributed by atoms with Crippen molar-refractivity contribution >= 4 is 5.78 Å². The van der Waals surface area contributed by atoms with Crippen LogP contribution in [-0.2, 0) is 4.79 Å². The number of ketones is 1. The molecular formula is C33H66O. The maximum atomic E-state index is 12.0. The van der Waals surface area contributed by atoms with Gasteiger partial charge in [-0.2, -0.15) is 0 Å². The fourth-order valence-corrected chi connectivity index (χ4v) is 8.58. The maximum Gasteiger partial charge on any atom is 0.155 e. The summed E-state index contributed by atoms with van der Waals surface area (Å²) < 4.78 is 0. The lowest BCUT2D eigenvalue weighted by Gasteiger charge is -2.58. The Labute approximate surface area is 219 Å². The summed E-state index contributed by atoms with van der Waals surface area (Å²) in [5, 5.41) is 0. The van der Waals surface area contributed by atoms with E-state index in [2.05, 4.69) is 53.9 Å². The molecule has 4 rings (SSSR count). The third-order valence-corrected chi connectivity index (χ3v) is 10.2. The number of hydrogen-bond acceptors (Lipinski definition) is 1. The predicted molar refractivity (Wildman–Crippen MR) is 158 cm³/mol. The zero-order chi connectivity index (χ0) is 26.1. The number of carbonyl (C=O) groups excluding carboxylic acids is 1. The number of fused-ring (bicyclic) bond motifs is 5. The molecule has 0 bridgehead atoms. The molecule has 3 fully saturated rings. The molecule has 0 aromatic heterocycles. The van der Waals surface area contributed by atoms with Crippen molar-refractivity contribution < 1.29 is 9.07 Å². The van der Waals surface area contributed by atoms with Crippen LogP contribution in [0.1, 0.15) is 137 Å². The second-order valence-corrected chi connectivity index (χ2v) is 12.0. The second-order valence-electron chi connectivity index (χ2n) is 12.0. The minimum absolute atomic E-state index is 0. The van der Waals surface area contributed by atoms with Crippen molar-refractivity contribution in [3.05, 3.63) is 24.8 Å². The average Bonchev–Trinajstić information content (AvgIpc) is 3.20. The van der Waals surface area contributed by atoms with Crippen molar-refractivity contribution in [2.75, 3.05) is 0 Å². The highest BCUT2D eigenvalue weighted by atomic mass is 16.1. The van der Waals surface area contributed by atoms with Gasteiger partial charge in [-0.1, -0.05) is 87.1 Å². The van der Waals surface area contributed by atoms with Crippen molar-refractivity contribution in [3.63, 3.8) is 0 Å². The van der Waals surface area contributed by atoms with Crippen molar-refractivity contribution in [2.24, 2.45) is 46.3 Å². The summed E-state index contributed by atoms with van der Waals surface area (Å²) in [5.74, 6) is 5.79. The van der Waals surface area contributed by atoms with Crippen LogP contribution in [0.4, 0.5) is 0 Å².